The van der Waals surface area contributed by atoms with Crippen LogP contribution in [0, 0.1) is 5.92 Å². The number of fused-ring (bicyclic) bond motifs is 3. The SMILES string of the molecule is C[C@@H]1[C@@H]([Si](C)(C)F)[C@H](CC(=O)N2Cc3ccccc3C[C@H]2CO)O[C@@]12C(=O)N(c1ccccc1)c1ccc(N3CCNCC3=O)cc12. The minimum atomic E-state index is -3.54. The number of piperazine rings is 1. The topological polar surface area (TPSA) is 102 Å². The van der Waals surface area contributed by atoms with Crippen molar-refractivity contribution in [3.63, 3.8) is 0 Å². The third-order valence-corrected chi connectivity index (χ3v) is 13.0. The zero-order chi connectivity index (χ0) is 33.1. The van der Waals surface area contributed by atoms with Crippen molar-refractivity contribution >= 4 is 43.2 Å². The number of hydrogen-bond donors (Lipinski definition) is 2. The molecular weight excluding hydrogens is 616 g/mol. The highest BCUT2D eigenvalue weighted by Crippen LogP contribution is 2.61. The highest BCUT2D eigenvalue weighted by atomic mass is 28.4. The molecular formula is C36H41FN4O5Si. The quantitative estimate of drug-likeness (QED) is 0.301. The van der Waals surface area contributed by atoms with E-state index in [1.807, 2.05) is 79.7 Å². The van der Waals surface area contributed by atoms with Crippen molar-refractivity contribution in [3.05, 3.63) is 89.5 Å². The third kappa shape index (κ3) is 5.20. The molecule has 3 aromatic carbocycles. The number of nitrogens with one attached hydrogen (secondary N) is 1. The highest BCUT2D eigenvalue weighted by Gasteiger charge is 2.67. The Kier molecular flexibility index (Phi) is 8.06. The van der Waals surface area contributed by atoms with Crippen LogP contribution in [-0.4, -0.2) is 74.5 Å². The molecule has 4 heterocycles. The summed E-state index contributed by atoms with van der Waals surface area (Å²) in [6.45, 7) is 6.60. The van der Waals surface area contributed by atoms with Crippen molar-refractivity contribution in [1.82, 2.24) is 10.2 Å². The van der Waals surface area contributed by atoms with Crippen LogP contribution < -0.4 is 15.1 Å². The second-order valence-corrected chi connectivity index (χ2v) is 17.5. The number of nitrogens with zero attached hydrogens (tertiary/aromatic N) is 3. The van der Waals surface area contributed by atoms with Gasteiger partial charge in [0, 0.05) is 48.0 Å². The molecule has 0 aromatic heterocycles. The molecule has 47 heavy (non-hydrogen) atoms. The molecule has 0 saturated carbocycles. The summed E-state index contributed by atoms with van der Waals surface area (Å²) in [5.74, 6) is -1.23. The number of aliphatic hydroxyl groups is 1. The van der Waals surface area contributed by atoms with Crippen molar-refractivity contribution in [1.29, 1.82) is 0 Å². The van der Waals surface area contributed by atoms with Crippen LogP contribution in [0.3, 0.4) is 0 Å². The van der Waals surface area contributed by atoms with Gasteiger partial charge in [-0.25, -0.2) is 0 Å². The van der Waals surface area contributed by atoms with Gasteiger partial charge in [-0.15, -0.1) is 0 Å². The number of para-hydroxylation sites is 1. The Morgan fingerprint density at radius 3 is 2.47 bits per heavy atom. The average Bonchev–Trinajstić information content (AvgIpc) is 3.50. The van der Waals surface area contributed by atoms with E-state index in [2.05, 4.69) is 5.32 Å². The van der Waals surface area contributed by atoms with Crippen LogP contribution >= 0.6 is 0 Å². The largest absolute Gasteiger partial charge is 0.394 e. The Bertz CT molecular complexity index is 1720. The van der Waals surface area contributed by atoms with Crippen LogP contribution in [0.4, 0.5) is 21.2 Å². The number of benzene rings is 3. The molecule has 9 nitrogen and oxygen atoms in total. The van der Waals surface area contributed by atoms with E-state index >= 15 is 4.11 Å². The van der Waals surface area contributed by atoms with Gasteiger partial charge in [-0.3, -0.25) is 19.3 Å². The first kappa shape index (κ1) is 31.7. The van der Waals surface area contributed by atoms with E-state index in [1.165, 1.54) is 0 Å². The molecule has 3 amide bonds. The Balaban J connectivity index is 1.30. The number of hydrogen-bond acceptors (Lipinski definition) is 6. The standard InChI is InChI=1S/C36H41FN4O5Si/c1-23-34(47(2,3)37)31(19-32(43)40-21-25-10-8-7-9-24(25)17-28(40)22-42)46-36(23)29-18-27(39-16-15-38-20-33(39)44)13-14-30(29)41(35(36)45)26-11-5-4-6-12-26/h4-14,18,23,28,31,34,38,42H,15-17,19-22H2,1-3H3/t23-,28+,31+,34-,36+/m1/s1. The lowest BCUT2D eigenvalue weighted by Gasteiger charge is -2.37. The van der Waals surface area contributed by atoms with E-state index < -0.39 is 37.6 Å². The highest BCUT2D eigenvalue weighted by molar-refractivity contribution is 6.72. The molecule has 0 unspecified atom stereocenters. The lowest BCUT2D eigenvalue weighted by atomic mass is 9.82. The Morgan fingerprint density at radius 2 is 1.77 bits per heavy atom. The van der Waals surface area contributed by atoms with Crippen LogP contribution in [0.25, 0.3) is 0 Å². The number of carbonyl (C=O) groups is 3. The minimum Gasteiger partial charge on any atom is -0.394 e. The summed E-state index contributed by atoms with van der Waals surface area (Å²) in [5.41, 5.74) is 2.40. The van der Waals surface area contributed by atoms with Gasteiger partial charge in [0.05, 0.1) is 37.4 Å². The minimum absolute atomic E-state index is 0.0740. The van der Waals surface area contributed by atoms with E-state index in [4.69, 9.17) is 4.74 Å². The number of carbonyl (C=O) groups excluding carboxylic acids is 3. The van der Waals surface area contributed by atoms with E-state index in [-0.39, 0.29) is 37.3 Å². The molecule has 2 N–H and O–H groups in total. The first-order valence-electron chi connectivity index (χ1n) is 16.4. The maximum absolute atomic E-state index is 16.5. The van der Waals surface area contributed by atoms with Crippen molar-refractivity contribution in [2.75, 3.05) is 36.0 Å². The van der Waals surface area contributed by atoms with E-state index in [9.17, 15) is 19.5 Å². The molecule has 0 radical (unpaired) electrons. The molecule has 11 heteroatoms. The van der Waals surface area contributed by atoms with Gasteiger partial charge in [-0.05, 0) is 61.0 Å². The average molecular weight is 657 g/mol. The third-order valence-electron chi connectivity index (χ3n) is 10.5. The van der Waals surface area contributed by atoms with Gasteiger partial charge in [-0.1, -0.05) is 49.4 Å². The maximum atomic E-state index is 16.5. The number of amides is 3. The fraction of sp³-hybridized carbons (Fsp3) is 0.417. The van der Waals surface area contributed by atoms with Crippen LogP contribution in [0.2, 0.25) is 18.6 Å². The summed E-state index contributed by atoms with van der Waals surface area (Å²) < 4.78 is 23.4. The first-order chi connectivity index (χ1) is 22.5. The number of ether oxygens (including phenoxy) is 1. The summed E-state index contributed by atoms with van der Waals surface area (Å²) in [4.78, 5) is 46.9. The predicted molar refractivity (Wildman–Crippen MR) is 179 cm³/mol. The zero-order valence-electron chi connectivity index (χ0n) is 27.0. The lowest BCUT2D eigenvalue weighted by Crippen LogP contribution is -2.48. The molecule has 2 fully saturated rings. The van der Waals surface area contributed by atoms with Gasteiger partial charge in [0.15, 0.2) is 5.60 Å². The second-order valence-electron chi connectivity index (χ2n) is 13.7. The maximum Gasteiger partial charge on any atom is 0.268 e. The Morgan fingerprint density at radius 1 is 1.04 bits per heavy atom. The summed E-state index contributed by atoms with van der Waals surface area (Å²) in [5, 5.41) is 13.4. The second kappa shape index (κ2) is 12.0. The monoisotopic (exact) mass is 656 g/mol. The number of halogens is 1. The lowest BCUT2D eigenvalue weighted by molar-refractivity contribution is -0.150. The van der Waals surface area contributed by atoms with Crippen molar-refractivity contribution in [2.45, 2.75) is 62.7 Å². The molecule has 5 atom stereocenters. The summed E-state index contributed by atoms with van der Waals surface area (Å²) in [6, 6.07) is 22.3. The fourth-order valence-corrected chi connectivity index (χ4v) is 10.9. The molecule has 4 aliphatic heterocycles. The van der Waals surface area contributed by atoms with Gasteiger partial charge in [0.25, 0.3) is 5.91 Å². The van der Waals surface area contributed by atoms with Gasteiger partial charge in [0.2, 0.25) is 20.2 Å². The molecule has 7 rings (SSSR count). The number of rotatable bonds is 6. The molecule has 0 aliphatic carbocycles. The van der Waals surface area contributed by atoms with E-state index in [0.717, 1.165) is 11.1 Å². The number of anilines is 3. The Hall–Kier alpha value is -3.90. The number of aliphatic hydroxyl groups excluding tert-OH is 1. The molecule has 2 saturated heterocycles. The molecule has 246 valence electrons. The van der Waals surface area contributed by atoms with Crippen LogP contribution in [-0.2, 0) is 37.7 Å². The van der Waals surface area contributed by atoms with E-state index in [1.54, 1.807) is 27.8 Å². The van der Waals surface area contributed by atoms with Gasteiger partial charge in [0.1, 0.15) is 0 Å². The molecule has 4 aliphatic rings. The zero-order valence-corrected chi connectivity index (χ0v) is 28.0. The van der Waals surface area contributed by atoms with Gasteiger partial charge >= 0.3 is 0 Å². The van der Waals surface area contributed by atoms with Crippen molar-refractivity contribution < 1.29 is 28.3 Å². The molecule has 3 aromatic rings. The summed E-state index contributed by atoms with van der Waals surface area (Å²) >= 11 is 0. The summed E-state index contributed by atoms with van der Waals surface area (Å²) in [7, 11) is -3.54. The van der Waals surface area contributed by atoms with E-state index in [0.29, 0.717) is 48.7 Å². The van der Waals surface area contributed by atoms with Crippen LogP contribution in [0.5, 0.6) is 0 Å². The molecule has 1 spiro atoms. The normalized spacial score (nSPS) is 27.4. The van der Waals surface area contributed by atoms with Crippen molar-refractivity contribution in [3.8, 4) is 0 Å². The van der Waals surface area contributed by atoms with Gasteiger partial charge < -0.3 is 29.1 Å². The molecule has 0 bridgehead atoms. The smallest absolute Gasteiger partial charge is 0.268 e. The fourth-order valence-electron chi connectivity index (χ4n) is 8.37. The summed E-state index contributed by atoms with van der Waals surface area (Å²) in [6.07, 6.45) is -0.444. The van der Waals surface area contributed by atoms with Crippen LogP contribution in [0.1, 0.15) is 30.0 Å². The van der Waals surface area contributed by atoms with Crippen molar-refractivity contribution in [2.24, 2.45) is 5.92 Å². The predicted octanol–water partition coefficient (Wildman–Crippen LogP) is 4.41. The van der Waals surface area contributed by atoms with Crippen LogP contribution in [0.15, 0.2) is 72.8 Å². The van der Waals surface area contributed by atoms with Gasteiger partial charge in [-0.2, -0.15) is 0 Å². The Labute approximate surface area is 275 Å². The first-order valence-corrected chi connectivity index (χ1v) is 19.4.